The van der Waals surface area contributed by atoms with Crippen LogP contribution in [0.25, 0.3) is 10.9 Å². The van der Waals surface area contributed by atoms with Crippen molar-refractivity contribution >= 4 is 16.8 Å². The number of carbonyl (C=O) groups excluding carboxylic acids is 1. The molecule has 0 saturated carbocycles. The van der Waals surface area contributed by atoms with Gasteiger partial charge in [0.05, 0.1) is 24.5 Å². The van der Waals surface area contributed by atoms with E-state index in [1.807, 2.05) is 23.1 Å². The van der Waals surface area contributed by atoms with Crippen molar-refractivity contribution < 1.29 is 39.4 Å². The third kappa shape index (κ3) is 3.52. The van der Waals surface area contributed by atoms with Gasteiger partial charge in [0.1, 0.15) is 24.4 Å². The molecule has 1 amide bonds. The minimum Gasteiger partial charge on any atom is -0.471 e. The molecule has 4 aliphatic heterocycles. The van der Waals surface area contributed by atoms with Crippen molar-refractivity contribution in [2.45, 2.75) is 55.9 Å². The van der Waals surface area contributed by atoms with E-state index < -0.39 is 49.5 Å². The van der Waals surface area contributed by atoms with Gasteiger partial charge in [-0.05, 0) is 24.5 Å². The Morgan fingerprint density at radius 3 is 2.75 bits per heavy atom. The molecule has 0 bridgehead atoms. The van der Waals surface area contributed by atoms with Crippen LogP contribution in [-0.4, -0.2) is 86.4 Å². The maximum absolute atomic E-state index is 13.5. The van der Waals surface area contributed by atoms with Crippen LogP contribution >= 0.6 is 0 Å². The van der Waals surface area contributed by atoms with Crippen LogP contribution in [0.5, 0.6) is 0 Å². The van der Waals surface area contributed by atoms with Gasteiger partial charge < -0.3 is 44.5 Å². The van der Waals surface area contributed by atoms with Crippen molar-refractivity contribution in [1.82, 2.24) is 9.88 Å². The number of aromatic nitrogens is 1. The molecule has 5 N–H and O–H groups in total. The monoisotopic (exact) mass is 498 g/mol. The van der Waals surface area contributed by atoms with Gasteiger partial charge in [-0.15, -0.1) is 6.58 Å². The van der Waals surface area contributed by atoms with E-state index in [9.17, 15) is 25.2 Å². The predicted octanol–water partition coefficient (Wildman–Crippen LogP) is 0.473. The van der Waals surface area contributed by atoms with Crippen molar-refractivity contribution in [1.29, 1.82) is 0 Å². The summed E-state index contributed by atoms with van der Waals surface area (Å²) in [6, 6.07) is 8.01. The normalized spacial score (nSPS) is 38.0. The van der Waals surface area contributed by atoms with E-state index in [2.05, 4.69) is 17.6 Å². The topological polar surface area (TPSA) is 145 Å². The number of nitrogens with zero attached hydrogens (tertiary/aromatic N) is 1. The number of benzene rings is 1. The summed E-state index contributed by atoms with van der Waals surface area (Å²) in [5, 5.41) is 41.3. The van der Waals surface area contributed by atoms with Gasteiger partial charge in [-0.3, -0.25) is 4.79 Å². The maximum atomic E-state index is 13.5. The molecule has 192 valence electrons. The molecule has 9 atom stereocenters. The first-order chi connectivity index (χ1) is 17.4. The second-order valence-electron chi connectivity index (χ2n) is 9.89. The Bertz CT molecular complexity index is 1210. The number of H-pyrrole nitrogens is 1. The van der Waals surface area contributed by atoms with Crippen molar-refractivity contribution in [3.05, 3.63) is 60.0 Å². The molecule has 6 rings (SSSR count). The van der Waals surface area contributed by atoms with Gasteiger partial charge in [-0.25, -0.2) is 0 Å². The molecule has 2 aromatic rings. The molecule has 0 spiro atoms. The van der Waals surface area contributed by atoms with E-state index in [0.717, 1.165) is 17.6 Å². The summed E-state index contributed by atoms with van der Waals surface area (Å²) in [7, 11) is 0. The van der Waals surface area contributed by atoms with E-state index in [-0.39, 0.29) is 17.9 Å². The van der Waals surface area contributed by atoms with Gasteiger partial charge >= 0.3 is 0 Å². The van der Waals surface area contributed by atoms with Crippen molar-refractivity contribution in [2.75, 3.05) is 13.2 Å². The number of rotatable bonds is 4. The zero-order valence-electron chi connectivity index (χ0n) is 19.6. The van der Waals surface area contributed by atoms with Gasteiger partial charge in [-0.2, -0.15) is 0 Å². The summed E-state index contributed by atoms with van der Waals surface area (Å²) in [6.45, 7) is 4.01. The summed E-state index contributed by atoms with van der Waals surface area (Å²) in [4.78, 5) is 19.0. The van der Waals surface area contributed by atoms with Crippen molar-refractivity contribution in [3.8, 4) is 0 Å². The molecule has 0 aliphatic carbocycles. The van der Waals surface area contributed by atoms with E-state index in [1.165, 1.54) is 17.2 Å². The standard InChI is InChI=1S/C26H30N2O8/c1-2-12-15-9-18-20-14(13-5-3-4-6-17(13)27-20)7-8-28(18)24(33)16(15)11-34-25(12)36-26-23(32)22(31)21(30)19(10-29)35-26/h2-6,11-12,15,18-19,21-23,25-27,29-32H,1,7-10H2/t12-,15-,18-,19-,21-,22+,23-,25-,26+/m1/s1. The largest absolute Gasteiger partial charge is 0.471 e. The van der Waals surface area contributed by atoms with Gasteiger partial charge in [-0.1, -0.05) is 24.3 Å². The Balaban J connectivity index is 1.28. The first-order valence-corrected chi connectivity index (χ1v) is 12.3. The van der Waals surface area contributed by atoms with Crippen LogP contribution in [0.15, 0.2) is 48.8 Å². The fraction of sp³-hybridized carbons (Fsp3) is 0.500. The smallest absolute Gasteiger partial charge is 0.253 e. The molecule has 5 heterocycles. The highest BCUT2D eigenvalue weighted by molar-refractivity contribution is 5.96. The lowest BCUT2D eigenvalue weighted by Crippen LogP contribution is -2.60. The van der Waals surface area contributed by atoms with Crippen LogP contribution in [-0.2, 0) is 25.4 Å². The Morgan fingerprint density at radius 2 is 1.97 bits per heavy atom. The Hall–Kier alpha value is -2.73. The SMILES string of the molecule is C=C[C@H]1[C@@H](O[C@@H]2O[C@H](CO)[C@@H](O)[C@H](O)[C@H]2O)OC=C2C(=O)N3CCc4c([nH]c5ccccc45)[C@H]3C[C@@H]21. The van der Waals surface area contributed by atoms with E-state index >= 15 is 0 Å². The van der Waals surface area contributed by atoms with E-state index in [1.54, 1.807) is 6.08 Å². The van der Waals surface area contributed by atoms with Crippen molar-refractivity contribution in [2.24, 2.45) is 11.8 Å². The molecule has 1 aromatic heterocycles. The summed E-state index contributed by atoms with van der Waals surface area (Å²) in [5.74, 6) is -0.783. The number of fused-ring (bicyclic) bond motifs is 6. The first-order valence-electron chi connectivity index (χ1n) is 12.3. The summed E-state index contributed by atoms with van der Waals surface area (Å²) >= 11 is 0. The van der Waals surface area contributed by atoms with Gasteiger partial charge in [0.2, 0.25) is 6.29 Å². The molecule has 2 saturated heterocycles. The minimum absolute atomic E-state index is 0.0845. The molecular weight excluding hydrogens is 468 g/mol. The third-order valence-electron chi connectivity index (χ3n) is 8.04. The summed E-state index contributed by atoms with van der Waals surface area (Å²) in [5.41, 5.74) is 3.89. The highest BCUT2D eigenvalue weighted by Crippen LogP contribution is 2.48. The average molecular weight is 499 g/mol. The number of piperidine rings is 1. The fourth-order valence-corrected chi connectivity index (χ4v) is 6.13. The Kier molecular flexibility index (Phi) is 5.90. The lowest BCUT2D eigenvalue weighted by Gasteiger charge is -2.48. The third-order valence-corrected chi connectivity index (χ3v) is 8.04. The lowest BCUT2D eigenvalue weighted by molar-refractivity contribution is -0.339. The van der Waals surface area contributed by atoms with Crippen LogP contribution < -0.4 is 0 Å². The number of hydrogen-bond acceptors (Lipinski definition) is 8. The van der Waals surface area contributed by atoms with Crippen LogP contribution in [0.4, 0.5) is 0 Å². The summed E-state index contributed by atoms with van der Waals surface area (Å²) in [6.07, 6.45) is -3.53. The molecule has 10 nitrogen and oxygen atoms in total. The maximum Gasteiger partial charge on any atom is 0.253 e. The number of para-hydroxylation sites is 1. The van der Waals surface area contributed by atoms with Gasteiger partial charge in [0, 0.05) is 35.0 Å². The first kappa shape index (κ1) is 23.7. The highest BCUT2D eigenvalue weighted by atomic mass is 16.8. The van der Waals surface area contributed by atoms with Crippen LogP contribution in [0, 0.1) is 11.8 Å². The molecule has 0 unspecified atom stereocenters. The second kappa shape index (κ2) is 8.98. The number of aliphatic hydroxyl groups excluding tert-OH is 4. The van der Waals surface area contributed by atoms with Crippen LogP contribution in [0.2, 0.25) is 0 Å². The van der Waals surface area contributed by atoms with Crippen molar-refractivity contribution in [3.63, 3.8) is 0 Å². The average Bonchev–Trinajstić information content (AvgIpc) is 3.28. The molecular formula is C26H30N2O8. The number of hydrogen-bond donors (Lipinski definition) is 5. The lowest BCUT2D eigenvalue weighted by atomic mass is 9.74. The molecule has 2 fully saturated rings. The Labute approximate surface area is 207 Å². The van der Waals surface area contributed by atoms with Crippen LogP contribution in [0.1, 0.15) is 23.7 Å². The quantitative estimate of drug-likeness (QED) is 0.383. The summed E-state index contributed by atoms with van der Waals surface area (Å²) < 4.78 is 17.2. The van der Waals surface area contributed by atoms with Crippen LogP contribution in [0.3, 0.4) is 0 Å². The number of aromatic amines is 1. The Morgan fingerprint density at radius 1 is 1.17 bits per heavy atom. The molecule has 10 heteroatoms. The second-order valence-corrected chi connectivity index (χ2v) is 9.89. The zero-order chi connectivity index (χ0) is 25.1. The number of nitrogens with one attached hydrogen (secondary N) is 1. The molecule has 36 heavy (non-hydrogen) atoms. The molecule has 0 radical (unpaired) electrons. The van der Waals surface area contributed by atoms with E-state index in [4.69, 9.17) is 14.2 Å². The zero-order valence-corrected chi connectivity index (χ0v) is 19.6. The highest BCUT2D eigenvalue weighted by Gasteiger charge is 2.51. The molecule has 4 aliphatic rings. The van der Waals surface area contributed by atoms with E-state index in [0.29, 0.717) is 18.5 Å². The fourth-order valence-electron chi connectivity index (χ4n) is 6.13. The number of carbonyl (C=O) groups is 1. The molecule has 1 aromatic carbocycles. The number of ether oxygens (including phenoxy) is 3. The van der Waals surface area contributed by atoms with Gasteiger partial charge in [0.15, 0.2) is 6.29 Å². The minimum atomic E-state index is -1.56. The number of aliphatic hydroxyl groups is 4. The predicted molar refractivity (Wildman–Crippen MR) is 126 cm³/mol. The van der Waals surface area contributed by atoms with Gasteiger partial charge in [0.25, 0.3) is 5.91 Å². The number of amides is 1.